The van der Waals surface area contributed by atoms with Crippen molar-refractivity contribution in [3.05, 3.63) is 30.3 Å². The molecule has 20 heavy (non-hydrogen) atoms. The molecule has 5 atom stereocenters. The minimum Gasteiger partial charge on any atom is -0.388 e. The molecule has 2 aliphatic heterocycles. The molecule has 2 saturated heterocycles. The van der Waals surface area contributed by atoms with Gasteiger partial charge in [-0.1, -0.05) is 18.2 Å². The molecule has 2 amide bonds. The summed E-state index contributed by atoms with van der Waals surface area (Å²) in [4.78, 5) is 13.5. The van der Waals surface area contributed by atoms with Crippen molar-refractivity contribution < 1.29 is 24.9 Å². The average Bonchev–Trinajstić information content (AvgIpc) is 2.86. The Morgan fingerprint density at radius 1 is 1.15 bits per heavy atom. The lowest BCUT2D eigenvalue weighted by Crippen LogP contribution is -2.64. The molecule has 2 aliphatic rings. The largest absolute Gasteiger partial charge is 0.388 e. The van der Waals surface area contributed by atoms with Crippen molar-refractivity contribution in [2.45, 2.75) is 30.6 Å². The van der Waals surface area contributed by atoms with Gasteiger partial charge in [-0.3, -0.25) is 4.90 Å². The number of amides is 2. The van der Waals surface area contributed by atoms with Crippen molar-refractivity contribution in [3.63, 3.8) is 0 Å². The highest BCUT2D eigenvalue weighted by molar-refractivity contribution is 5.90. The summed E-state index contributed by atoms with van der Waals surface area (Å²) in [6, 6.07) is 7.71. The first-order valence-electron chi connectivity index (χ1n) is 6.40. The van der Waals surface area contributed by atoms with Gasteiger partial charge in [-0.15, -0.1) is 0 Å². The van der Waals surface area contributed by atoms with Gasteiger partial charge in [0.25, 0.3) is 0 Å². The summed E-state index contributed by atoms with van der Waals surface area (Å²) < 4.78 is 5.30. The van der Waals surface area contributed by atoms with Crippen molar-refractivity contribution in [1.29, 1.82) is 0 Å². The predicted molar refractivity (Wildman–Crippen MR) is 68.8 cm³/mol. The Labute approximate surface area is 115 Å². The Hall–Kier alpha value is -1.67. The Kier molecular flexibility index (Phi) is 3.35. The number of nitrogens with zero attached hydrogens (tertiary/aromatic N) is 1. The van der Waals surface area contributed by atoms with E-state index in [9.17, 15) is 20.1 Å². The fourth-order valence-corrected chi connectivity index (χ4v) is 2.65. The van der Waals surface area contributed by atoms with Crippen LogP contribution < -0.4 is 5.32 Å². The third-order valence-corrected chi connectivity index (χ3v) is 3.71. The third kappa shape index (κ3) is 2.04. The van der Waals surface area contributed by atoms with Crippen LogP contribution in [0.5, 0.6) is 0 Å². The van der Waals surface area contributed by atoms with Crippen molar-refractivity contribution in [3.8, 4) is 0 Å². The lowest BCUT2D eigenvalue weighted by molar-refractivity contribution is -0.158. The van der Waals surface area contributed by atoms with Crippen LogP contribution in [0.15, 0.2) is 30.3 Å². The normalized spacial score (nSPS) is 36.0. The maximum atomic E-state index is 12.3. The number of urea groups is 1. The molecule has 7 heteroatoms. The van der Waals surface area contributed by atoms with Gasteiger partial charge in [0.1, 0.15) is 18.3 Å². The SMILES string of the molecule is O=C(Nc1ccccc1)N1[C@@H]2OC[C@H]1[C@H](O)[C@H](O)[C@H]2O. The second-order valence-electron chi connectivity index (χ2n) is 4.97. The van der Waals surface area contributed by atoms with Gasteiger partial charge in [-0.2, -0.15) is 0 Å². The molecular formula is C13H16N2O5. The van der Waals surface area contributed by atoms with Gasteiger partial charge in [-0.05, 0) is 12.1 Å². The molecule has 0 aromatic heterocycles. The van der Waals surface area contributed by atoms with E-state index in [1.165, 1.54) is 4.90 Å². The van der Waals surface area contributed by atoms with Gasteiger partial charge >= 0.3 is 6.03 Å². The molecule has 0 aliphatic carbocycles. The molecule has 1 aromatic rings. The minimum absolute atomic E-state index is 0.0855. The summed E-state index contributed by atoms with van der Waals surface area (Å²) in [6.45, 7) is 0.0855. The van der Waals surface area contributed by atoms with E-state index in [1.807, 2.05) is 6.07 Å². The number of hydrogen-bond donors (Lipinski definition) is 4. The molecule has 2 bridgehead atoms. The van der Waals surface area contributed by atoms with Crippen LogP contribution in [0, 0.1) is 0 Å². The molecule has 108 valence electrons. The Bertz CT molecular complexity index is 479. The second-order valence-corrected chi connectivity index (χ2v) is 4.97. The van der Waals surface area contributed by atoms with Crippen molar-refractivity contribution in [2.75, 3.05) is 11.9 Å². The highest BCUT2D eigenvalue weighted by Gasteiger charge is 2.54. The van der Waals surface area contributed by atoms with Crippen molar-refractivity contribution in [2.24, 2.45) is 0 Å². The van der Waals surface area contributed by atoms with Gasteiger partial charge in [-0.25, -0.2) is 4.79 Å². The quantitative estimate of drug-likeness (QED) is 0.547. The smallest absolute Gasteiger partial charge is 0.324 e. The van der Waals surface area contributed by atoms with E-state index in [0.29, 0.717) is 5.69 Å². The zero-order chi connectivity index (χ0) is 14.3. The number of aliphatic hydroxyl groups excluding tert-OH is 3. The summed E-state index contributed by atoms with van der Waals surface area (Å²) in [5.74, 6) is 0. The lowest BCUT2D eigenvalue weighted by Gasteiger charge is -2.41. The van der Waals surface area contributed by atoms with Gasteiger partial charge in [0, 0.05) is 5.69 Å². The van der Waals surface area contributed by atoms with E-state index in [4.69, 9.17) is 4.74 Å². The zero-order valence-electron chi connectivity index (χ0n) is 10.6. The zero-order valence-corrected chi connectivity index (χ0v) is 10.6. The lowest BCUT2D eigenvalue weighted by atomic mass is 9.95. The molecule has 7 nitrogen and oxygen atoms in total. The molecule has 0 saturated carbocycles. The van der Waals surface area contributed by atoms with Gasteiger partial charge < -0.3 is 25.4 Å². The predicted octanol–water partition coefficient (Wildman–Crippen LogP) is -0.658. The maximum absolute atomic E-state index is 12.3. The monoisotopic (exact) mass is 280 g/mol. The van der Waals surface area contributed by atoms with E-state index >= 15 is 0 Å². The third-order valence-electron chi connectivity index (χ3n) is 3.71. The number of ether oxygens (including phenoxy) is 1. The fourth-order valence-electron chi connectivity index (χ4n) is 2.65. The molecule has 0 spiro atoms. The van der Waals surface area contributed by atoms with E-state index in [2.05, 4.69) is 5.32 Å². The van der Waals surface area contributed by atoms with Crippen LogP contribution in [0.4, 0.5) is 10.5 Å². The maximum Gasteiger partial charge on any atom is 0.324 e. The number of carbonyl (C=O) groups is 1. The van der Waals surface area contributed by atoms with Crippen LogP contribution in [0.3, 0.4) is 0 Å². The van der Waals surface area contributed by atoms with E-state index in [1.54, 1.807) is 24.3 Å². The molecule has 2 heterocycles. The average molecular weight is 280 g/mol. The standard InChI is InChI=1S/C13H16N2O5/c16-9-8-6-20-12(11(18)10(9)17)15(8)13(19)14-7-4-2-1-3-5-7/h1-5,8-12,16-18H,6H2,(H,14,19)/t8-,9-,10-,11+,12+/m0/s1. The second kappa shape index (κ2) is 5.02. The summed E-state index contributed by atoms with van der Waals surface area (Å²) in [5.41, 5.74) is 0.604. The van der Waals surface area contributed by atoms with Gasteiger partial charge in [0.05, 0.1) is 12.6 Å². The molecule has 0 unspecified atom stereocenters. The highest BCUT2D eigenvalue weighted by atomic mass is 16.5. The van der Waals surface area contributed by atoms with E-state index in [-0.39, 0.29) is 6.61 Å². The highest BCUT2D eigenvalue weighted by Crippen LogP contribution is 2.32. The molecule has 0 radical (unpaired) electrons. The number of anilines is 1. The fraction of sp³-hybridized carbons (Fsp3) is 0.462. The summed E-state index contributed by atoms with van der Waals surface area (Å²) >= 11 is 0. The summed E-state index contributed by atoms with van der Waals surface area (Å²) in [5, 5.41) is 32.1. The van der Waals surface area contributed by atoms with Crippen LogP contribution in [-0.2, 0) is 4.74 Å². The molecule has 2 fully saturated rings. The first-order chi connectivity index (χ1) is 9.59. The number of para-hydroxylation sites is 1. The first kappa shape index (κ1) is 13.3. The number of piperidine rings is 1. The number of aliphatic hydroxyl groups is 3. The van der Waals surface area contributed by atoms with Crippen LogP contribution in [0.2, 0.25) is 0 Å². The van der Waals surface area contributed by atoms with E-state index < -0.39 is 36.6 Å². The van der Waals surface area contributed by atoms with Crippen molar-refractivity contribution in [1.82, 2.24) is 4.90 Å². The first-order valence-corrected chi connectivity index (χ1v) is 6.40. The number of carbonyl (C=O) groups excluding carboxylic acids is 1. The summed E-state index contributed by atoms with van der Waals surface area (Å²) in [6.07, 6.45) is -4.81. The number of nitrogens with one attached hydrogen (secondary N) is 1. The summed E-state index contributed by atoms with van der Waals surface area (Å²) in [7, 11) is 0. The molecule has 3 rings (SSSR count). The van der Waals surface area contributed by atoms with Crippen molar-refractivity contribution >= 4 is 11.7 Å². The number of hydrogen-bond acceptors (Lipinski definition) is 5. The van der Waals surface area contributed by atoms with Crippen LogP contribution in [-0.4, -0.2) is 63.4 Å². The number of fused-ring (bicyclic) bond motifs is 2. The van der Waals surface area contributed by atoms with Gasteiger partial charge in [0.2, 0.25) is 0 Å². The minimum atomic E-state index is -1.33. The number of benzene rings is 1. The van der Waals surface area contributed by atoms with Crippen LogP contribution >= 0.6 is 0 Å². The molecule has 4 N–H and O–H groups in total. The van der Waals surface area contributed by atoms with Crippen LogP contribution in [0.1, 0.15) is 0 Å². The number of rotatable bonds is 1. The molecule has 1 aromatic carbocycles. The Morgan fingerprint density at radius 3 is 2.55 bits per heavy atom. The van der Waals surface area contributed by atoms with Crippen LogP contribution in [0.25, 0.3) is 0 Å². The Balaban J connectivity index is 1.78. The molecular weight excluding hydrogens is 264 g/mol. The Morgan fingerprint density at radius 2 is 1.85 bits per heavy atom. The van der Waals surface area contributed by atoms with E-state index in [0.717, 1.165) is 0 Å². The van der Waals surface area contributed by atoms with Gasteiger partial charge in [0.15, 0.2) is 6.23 Å². The topological polar surface area (TPSA) is 102 Å².